The molecule has 1 aromatic carbocycles. The number of carbonyl (C=O) groups excluding carboxylic acids is 1. The van der Waals surface area contributed by atoms with Crippen LogP contribution in [0.2, 0.25) is 5.02 Å². The number of benzene rings is 1. The first-order valence-electron chi connectivity index (χ1n) is 6.86. The zero-order valence-corrected chi connectivity index (χ0v) is 13.7. The first-order valence-corrected chi connectivity index (χ1v) is 8.12. The highest BCUT2D eigenvalue weighted by atomic mass is 35.5. The lowest BCUT2D eigenvalue weighted by Crippen LogP contribution is -2.06. The number of hydrogen-bond donors (Lipinski definition) is 1. The molecule has 0 aliphatic carbocycles. The number of rotatable bonds is 4. The number of nitrogens with zero attached hydrogens (tertiary/aromatic N) is 1. The predicted molar refractivity (Wildman–Crippen MR) is 88.3 cm³/mol. The van der Waals surface area contributed by atoms with Gasteiger partial charge in [-0.05, 0) is 36.6 Å². The van der Waals surface area contributed by atoms with Gasteiger partial charge in [-0.2, -0.15) is 0 Å². The van der Waals surface area contributed by atoms with Crippen LogP contribution in [0, 0.1) is 5.82 Å². The van der Waals surface area contributed by atoms with E-state index >= 15 is 0 Å². The Labute approximate surface area is 140 Å². The molecule has 0 spiro atoms. The largest absolute Gasteiger partial charge is 0.461 e. The zero-order chi connectivity index (χ0) is 16.4. The standard InChI is InChI=1S/C16H12ClFN2O2S/c1-2-22-16(21)14-13(10-6-5-9(18)8-11(10)17)19-15(20-14)12-4-3-7-23-12/h3-8H,2H2,1H3,(H,19,20). The highest BCUT2D eigenvalue weighted by Crippen LogP contribution is 2.33. The van der Waals surface area contributed by atoms with Crippen molar-refractivity contribution >= 4 is 28.9 Å². The number of H-pyrrole nitrogens is 1. The molecule has 0 aliphatic heterocycles. The highest BCUT2D eigenvalue weighted by molar-refractivity contribution is 7.13. The predicted octanol–water partition coefficient (Wildman–Crippen LogP) is 4.77. The van der Waals surface area contributed by atoms with Gasteiger partial charge < -0.3 is 9.72 Å². The third kappa shape index (κ3) is 3.13. The molecular weight excluding hydrogens is 339 g/mol. The van der Waals surface area contributed by atoms with Crippen LogP contribution in [0.4, 0.5) is 4.39 Å². The topological polar surface area (TPSA) is 55.0 Å². The monoisotopic (exact) mass is 350 g/mol. The molecule has 0 atom stereocenters. The number of carbonyl (C=O) groups is 1. The van der Waals surface area contributed by atoms with Crippen LogP contribution in [0.3, 0.4) is 0 Å². The van der Waals surface area contributed by atoms with Gasteiger partial charge >= 0.3 is 5.97 Å². The second kappa shape index (κ2) is 6.52. The number of ether oxygens (including phenoxy) is 1. The van der Waals surface area contributed by atoms with E-state index in [1.54, 1.807) is 6.92 Å². The molecule has 4 nitrogen and oxygen atoms in total. The van der Waals surface area contributed by atoms with Crippen molar-refractivity contribution in [3.8, 4) is 22.0 Å². The van der Waals surface area contributed by atoms with E-state index in [0.717, 1.165) is 4.88 Å². The molecule has 0 saturated heterocycles. The van der Waals surface area contributed by atoms with Crippen LogP contribution in [0.25, 0.3) is 22.0 Å². The molecule has 0 amide bonds. The van der Waals surface area contributed by atoms with E-state index in [9.17, 15) is 9.18 Å². The molecule has 0 saturated carbocycles. The minimum atomic E-state index is -0.529. The van der Waals surface area contributed by atoms with Gasteiger partial charge in [-0.1, -0.05) is 17.7 Å². The van der Waals surface area contributed by atoms with Crippen molar-refractivity contribution in [1.29, 1.82) is 0 Å². The second-order valence-corrected chi connectivity index (χ2v) is 5.99. The summed E-state index contributed by atoms with van der Waals surface area (Å²) >= 11 is 7.59. The Hall–Kier alpha value is -2.18. The number of nitrogens with one attached hydrogen (secondary N) is 1. The summed E-state index contributed by atoms with van der Waals surface area (Å²) in [4.78, 5) is 20.5. The van der Waals surface area contributed by atoms with Crippen LogP contribution in [-0.2, 0) is 4.74 Å². The number of halogens is 2. The smallest absolute Gasteiger partial charge is 0.357 e. The van der Waals surface area contributed by atoms with Crippen molar-refractivity contribution in [2.75, 3.05) is 6.61 Å². The Balaban J connectivity index is 2.15. The lowest BCUT2D eigenvalue weighted by atomic mass is 10.1. The highest BCUT2D eigenvalue weighted by Gasteiger charge is 2.22. The summed E-state index contributed by atoms with van der Waals surface area (Å²) in [5.41, 5.74) is 1.01. The normalized spacial score (nSPS) is 10.7. The fourth-order valence-corrected chi connectivity index (χ4v) is 3.06. The molecule has 0 bridgehead atoms. The average Bonchev–Trinajstić information content (AvgIpc) is 3.16. The van der Waals surface area contributed by atoms with Gasteiger partial charge in [-0.25, -0.2) is 14.2 Å². The maximum Gasteiger partial charge on any atom is 0.357 e. The summed E-state index contributed by atoms with van der Waals surface area (Å²) in [6.07, 6.45) is 0. The molecular formula is C16H12ClFN2O2S. The number of esters is 1. The van der Waals surface area contributed by atoms with Crippen LogP contribution in [0.1, 0.15) is 17.4 Å². The van der Waals surface area contributed by atoms with Gasteiger partial charge in [0.1, 0.15) is 17.3 Å². The molecule has 3 aromatic rings. The van der Waals surface area contributed by atoms with Crippen molar-refractivity contribution in [3.63, 3.8) is 0 Å². The quantitative estimate of drug-likeness (QED) is 0.689. The lowest BCUT2D eigenvalue weighted by molar-refractivity contribution is 0.0521. The minimum Gasteiger partial charge on any atom is -0.461 e. The Morgan fingerprint density at radius 3 is 2.91 bits per heavy atom. The van der Waals surface area contributed by atoms with Crippen molar-refractivity contribution in [2.24, 2.45) is 0 Å². The molecule has 7 heteroatoms. The van der Waals surface area contributed by atoms with Crippen LogP contribution in [0.5, 0.6) is 0 Å². The van der Waals surface area contributed by atoms with Crippen LogP contribution in [-0.4, -0.2) is 22.5 Å². The van der Waals surface area contributed by atoms with Gasteiger partial charge in [0.05, 0.1) is 16.5 Å². The van der Waals surface area contributed by atoms with Crippen molar-refractivity contribution < 1.29 is 13.9 Å². The third-order valence-electron chi connectivity index (χ3n) is 3.12. The number of imidazole rings is 1. The lowest BCUT2D eigenvalue weighted by Gasteiger charge is -2.04. The summed E-state index contributed by atoms with van der Waals surface area (Å²) < 4.78 is 18.3. The van der Waals surface area contributed by atoms with E-state index in [2.05, 4.69) is 9.97 Å². The maximum absolute atomic E-state index is 13.3. The Kier molecular flexibility index (Phi) is 4.45. The van der Waals surface area contributed by atoms with Gasteiger partial charge in [0, 0.05) is 5.56 Å². The molecule has 3 rings (SSSR count). The van der Waals surface area contributed by atoms with E-state index in [4.69, 9.17) is 16.3 Å². The van der Waals surface area contributed by atoms with Gasteiger partial charge in [0.2, 0.25) is 0 Å². The number of aromatic nitrogens is 2. The summed E-state index contributed by atoms with van der Waals surface area (Å²) in [6, 6.07) is 7.72. The SMILES string of the molecule is CCOC(=O)c1[nH]c(-c2cccs2)nc1-c1ccc(F)cc1Cl. The second-order valence-electron chi connectivity index (χ2n) is 4.63. The summed E-state index contributed by atoms with van der Waals surface area (Å²) in [7, 11) is 0. The first-order chi connectivity index (χ1) is 11.1. The Morgan fingerprint density at radius 1 is 1.43 bits per heavy atom. The number of aromatic amines is 1. The fraction of sp³-hybridized carbons (Fsp3) is 0.125. The van der Waals surface area contributed by atoms with Crippen LogP contribution in [0.15, 0.2) is 35.7 Å². The Morgan fingerprint density at radius 2 is 2.26 bits per heavy atom. The molecule has 1 N–H and O–H groups in total. The molecule has 0 aliphatic rings. The Bertz CT molecular complexity index is 846. The van der Waals surface area contributed by atoms with Crippen LogP contribution < -0.4 is 0 Å². The van der Waals surface area contributed by atoms with Crippen molar-refractivity contribution in [3.05, 3.63) is 52.2 Å². The molecule has 2 aromatic heterocycles. The summed E-state index contributed by atoms with van der Waals surface area (Å²) in [6.45, 7) is 1.96. The molecule has 23 heavy (non-hydrogen) atoms. The maximum atomic E-state index is 13.3. The van der Waals surface area contributed by atoms with E-state index < -0.39 is 11.8 Å². The third-order valence-corrected chi connectivity index (χ3v) is 4.31. The molecule has 0 unspecified atom stereocenters. The zero-order valence-electron chi connectivity index (χ0n) is 12.1. The first kappa shape index (κ1) is 15.7. The van der Waals surface area contributed by atoms with E-state index in [0.29, 0.717) is 17.1 Å². The number of hydrogen-bond acceptors (Lipinski definition) is 4. The fourth-order valence-electron chi connectivity index (χ4n) is 2.13. The van der Waals surface area contributed by atoms with Crippen molar-refractivity contribution in [2.45, 2.75) is 6.92 Å². The number of thiophene rings is 1. The van der Waals surface area contributed by atoms with Crippen molar-refractivity contribution in [1.82, 2.24) is 9.97 Å². The van der Waals surface area contributed by atoms with Gasteiger partial charge in [0.15, 0.2) is 5.69 Å². The minimum absolute atomic E-state index is 0.180. The van der Waals surface area contributed by atoms with E-state index in [-0.39, 0.29) is 17.3 Å². The van der Waals surface area contributed by atoms with E-state index in [1.165, 1.54) is 29.5 Å². The molecule has 0 fully saturated rings. The van der Waals surface area contributed by atoms with Gasteiger partial charge in [-0.3, -0.25) is 0 Å². The average molecular weight is 351 g/mol. The molecule has 2 heterocycles. The molecule has 0 radical (unpaired) electrons. The summed E-state index contributed by atoms with van der Waals surface area (Å²) in [5, 5.41) is 2.09. The van der Waals surface area contributed by atoms with Gasteiger partial charge in [0.25, 0.3) is 0 Å². The molecule has 118 valence electrons. The van der Waals surface area contributed by atoms with Crippen LogP contribution >= 0.6 is 22.9 Å². The summed E-state index contributed by atoms with van der Waals surface area (Å²) in [5.74, 6) is -0.443. The van der Waals surface area contributed by atoms with E-state index in [1.807, 2.05) is 17.5 Å². The van der Waals surface area contributed by atoms with Gasteiger partial charge in [-0.15, -0.1) is 11.3 Å².